The molecule has 16 heavy (non-hydrogen) atoms. The molecule has 1 aromatic carbocycles. The first-order valence-electron chi connectivity index (χ1n) is 5.71. The van der Waals surface area contributed by atoms with Gasteiger partial charge < -0.3 is 10.5 Å². The fourth-order valence-corrected chi connectivity index (χ4v) is 1.95. The molecule has 3 atom stereocenters. The molecule has 0 bridgehead atoms. The number of benzene rings is 1. The smallest absolute Gasteiger partial charge is 0.0976 e. The van der Waals surface area contributed by atoms with Gasteiger partial charge in [-0.25, -0.2) is 0 Å². The molecule has 0 amide bonds. The number of hydrogen-bond donors (Lipinski definition) is 1. The van der Waals surface area contributed by atoms with E-state index in [9.17, 15) is 0 Å². The molecule has 0 aromatic heterocycles. The van der Waals surface area contributed by atoms with Gasteiger partial charge in [0.25, 0.3) is 0 Å². The quantitative estimate of drug-likeness (QED) is 0.896. The van der Waals surface area contributed by atoms with Gasteiger partial charge in [0.15, 0.2) is 0 Å². The van der Waals surface area contributed by atoms with Crippen molar-refractivity contribution in [2.75, 3.05) is 0 Å². The Balaban J connectivity index is 2.85. The van der Waals surface area contributed by atoms with Crippen LogP contribution in [0.2, 0.25) is 0 Å². The standard InChI is InChI=1S/C13H20BrNO/c1-4-9(2)16-13(10(3)15)11-6-5-7-12(14)8-11/h5-10,13H,4,15H2,1-3H3. The maximum Gasteiger partial charge on any atom is 0.0976 e. The van der Waals surface area contributed by atoms with Gasteiger partial charge in [-0.2, -0.15) is 0 Å². The number of rotatable bonds is 5. The van der Waals surface area contributed by atoms with Crippen LogP contribution in [0.4, 0.5) is 0 Å². The Morgan fingerprint density at radius 2 is 2.06 bits per heavy atom. The van der Waals surface area contributed by atoms with E-state index in [1.54, 1.807) is 0 Å². The molecule has 0 fully saturated rings. The molecule has 2 N–H and O–H groups in total. The van der Waals surface area contributed by atoms with Crippen LogP contribution >= 0.6 is 15.9 Å². The molecule has 0 spiro atoms. The molecule has 0 heterocycles. The number of hydrogen-bond acceptors (Lipinski definition) is 2. The van der Waals surface area contributed by atoms with Crippen LogP contribution < -0.4 is 5.73 Å². The molecule has 0 saturated heterocycles. The van der Waals surface area contributed by atoms with Gasteiger partial charge in [0.2, 0.25) is 0 Å². The van der Waals surface area contributed by atoms with E-state index in [1.165, 1.54) is 0 Å². The van der Waals surface area contributed by atoms with Crippen LogP contribution in [0.25, 0.3) is 0 Å². The molecular weight excluding hydrogens is 266 g/mol. The average Bonchev–Trinajstić information content (AvgIpc) is 2.25. The largest absolute Gasteiger partial charge is 0.369 e. The summed E-state index contributed by atoms with van der Waals surface area (Å²) in [5, 5.41) is 0. The average molecular weight is 286 g/mol. The Labute approximate surface area is 106 Å². The molecule has 1 aromatic rings. The van der Waals surface area contributed by atoms with Crippen LogP contribution in [0.3, 0.4) is 0 Å². The topological polar surface area (TPSA) is 35.2 Å². The third-order valence-corrected chi connectivity index (χ3v) is 3.10. The van der Waals surface area contributed by atoms with E-state index in [0.29, 0.717) is 0 Å². The summed E-state index contributed by atoms with van der Waals surface area (Å²) in [6.45, 7) is 6.17. The summed E-state index contributed by atoms with van der Waals surface area (Å²) < 4.78 is 7.01. The first kappa shape index (κ1) is 13.7. The molecule has 2 nitrogen and oxygen atoms in total. The summed E-state index contributed by atoms with van der Waals surface area (Å²) in [4.78, 5) is 0. The Morgan fingerprint density at radius 3 is 2.56 bits per heavy atom. The fraction of sp³-hybridized carbons (Fsp3) is 0.538. The fourth-order valence-electron chi connectivity index (χ4n) is 1.54. The van der Waals surface area contributed by atoms with Crippen LogP contribution in [-0.2, 0) is 4.74 Å². The van der Waals surface area contributed by atoms with E-state index in [2.05, 4.69) is 41.9 Å². The van der Waals surface area contributed by atoms with E-state index in [-0.39, 0.29) is 18.2 Å². The van der Waals surface area contributed by atoms with Gasteiger partial charge in [-0.05, 0) is 38.0 Å². The van der Waals surface area contributed by atoms with Gasteiger partial charge in [-0.15, -0.1) is 0 Å². The van der Waals surface area contributed by atoms with Crippen LogP contribution in [0.15, 0.2) is 28.7 Å². The highest BCUT2D eigenvalue weighted by Crippen LogP contribution is 2.25. The van der Waals surface area contributed by atoms with Gasteiger partial charge in [0.1, 0.15) is 0 Å². The Bertz CT molecular complexity index is 327. The van der Waals surface area contributed by atoms with Crippen molar-refractivity contribution in [1.82, 2.24) is 0 Å². The molecule has 0 aliphatic rings. The van der Waals surface area contributed by atoms with Crippen molar-refractivity contribution in [2.24, 2.45) is 5.73 Å². The number of ether oxygens (including phenoxy) is 1. The van der Waals surface area contributed by atoms with Crippen molar-refractivity contribution in [3.63, 3.8) is 0 Å². The predicted molar refractivity (Wildman–Crippen MR) is 71.4 cm³/mol. The molecule has 0 radical (unpaired) electrons. The van der Waals surface area contributed by atoms with Crippen molar-refractivity contribution in [1.29, 1.82) is 0 Å². The third kappa shape index (κ3) is 3.89. The lowest BCUT2D eigenvalue weighted by atomic mass is 10.0. The summed E-state index contributed by atoms with van der Waals surface area (Å²) in [7, 11) is 0. The zero-order chi connectivity index (χ0) is 12.1. The van der Waals surface area contributed by atoms with Gasteiger partial charge in [-0.1, -0.05) is 35.0 Å². The minimum atomic E-state index is -0.0348. The zero-order valence-electron chi connectivity index (χ0n) is 10.1. The van der Waals surface area contributed by atoms with E-state index >= 15 is 0 Å². The molecule has 0 saturated carbocycles. The second-order valence-corrected chi connectivity index (χ2v) is 5.11. The van der Waals surface area contributed by atoms with Crippen LogP contribution in [0.1, 0.15) is 38.9 Å². The summed E-state index contributed by atoms with van der Waals surface area (Å²) in [6.07, 6.45) is 1.19. The van der Waals surface area contributed by atoms with Crippen molar-refractivity contribution in [3.8, 4) is 0 Å². The molecule has 3 unspecified atom stereocenters. The molecule has 0 aliphatic heterocycles. The van der Waals surface area contributed by atoms with Crippen LogP contribution in [0, 0.1) is 0 Å². The van der Waals surface area contributed by atoms with Crippen molar-refractivity contribution < 1.29 is 4.74 Å². The number of halogens is 1. The zero-order valence-corrected chi connectivity index (χ0v) is 11.7. The van der Waals surface area contributed by atoms with Gasteiger partial charge in [0.05, 0.1) is 12.2 Å². The van der Waals surface area contributed by atoms with Crippen molar-refractivity contribution in [2.45, 2.75) is 45.4 Å². The summed E-state index contributed by atoms with van der Waals surface area (Å²) in [5.74, 6) is 0. The molecule has 3 heteroatoms. The van der Waals surface area contributed by atoms with E-state index in [0.717, 1.165) is 16.5 Å². The van der Waals surface area contributed by atoms with Crippen molar-refractivity contribution in [3.05, 3.63) is 34.3 Å². The van der Waals surface area contributed by atoms with Crippen molar-refractivity contribution >= 4 is 15.9 Å². The number of nitrogens with two attached hydrogens (primary N) is 1. The minimum absolute atomic E-state index is 0.0108. The Kier molecular flexibility index (Phi) is 5.46. The van der Waals surface area contributed by atoms with E-state index in [1.807, 2.05) is 19.1 Å². The van der Waals surface area contributed by atoms with Crippen LogP contribution in [-0.4, -0.2) is 12.1 Å². The maximum absolute atomic E-state index is 5.98. The van der Waals surface area contributed by atoms with E-state index < -0.39 is 0 Å². The summed E-state index contributed by atoms with van der Waals surface area (Å²) >= 11 is 3.47. The van der Waals surface area contributed by atoms with Gasteiger partial charge in [-0.3, -0.25) is 0 Å². The summed E-state index contributed by atoms with van der Waals surface area (Å²) in [6, 6.07) is 8.13. The normalized spacial score (nSPS) is 16.8. The second-order valence-electron chi connectivity index (χ2n) is 4.19. The molecule has 90 valence electrons. The molecule has 0 aliphatic carbocycles. The first-order chi connectivity index (χ1) is 7.54. The molecule has 1 rings (SSSR count). The lowest BCUT2D eigenvalue weighted by Crippen LogP contribution is -2.29. The highest BCUT2D eigenvalue weighted by molar-refractivity contribution is 9.10. The minimum Gasteiger partial charge on any atom is -0.369 e. The SMILES string of the molecule is CCC(C)OC(c1cccc(Br)c1)C(C)N. The monoisotopic (exact) mass is 285 g/mol. The van der Waals surface area contributed by atoms with Gasteiger partial charge >= 0.3 is 0 Å². The highest BCUT2D eigenvalue weighted by Gasteiger charge is 2.19. The first-order valence-corrected chi connectivity index (χ1v) is 6.50. The predicted octanol–water partition coefficient (Wildman–Crippen LogP) is 3.65. The maximum atomic E-state index is 5.98. The highest BCUT2D eigenvalue weighted by atomic mass is 79.9. The van der Waals surface area contributed by atoms with E-state index in [4.69, 9.17) is 10.5 Å². The Morgan fingerprint density at radius 1 is 1.38 bits per heavy atom. The lowest BCUT2D eigenvalue weighted by Gasteiger charge is -2.25. The summed E-state index contributed by atoms with van der Waals surface area (Å²) in [5.41, 5.74) is 7.11. The lowest BCUT2D eigenvalue weighted by molar-refractivity contribution is -0.0161. The molecular formula is C13H20BrNO. The third-order valence-electron chi connectivity index (χ3n) is 2.61. The Hall–Kier alpha value is -0.380. The van der Waals surface area contributed by atoms with Crippen LogP contribution in [0.5, 0.6) is 0 Å². The van der Waals surface area contributed by atoms with Gasteiger partial charge in [0, 0.05) is 10.5 Å². The second kappa shape index (κ2) is 6.38.